The van der Waals surface area contributed by atoms with Gasteiger partial charge in [-0.25, -0.2) is 0 Å². The van der Waals surface area contributed by atoms with Gasteiger partial charge in [-0.2, -0.15) is 13.2 Å². The fourth-order valence-corrected chi connectivity index (χ4v) is 1.61. The molecule has 19 heavy (non-hydrogen) atoms. The number of halogens is 5. The Bertz CT molecular complexity index is 471. The monoisotopic (exact) mass is 316 g/mol. The average molecular weight is 317 g/mol. The molecule has 1 rings (SSSR count). The minimum atomic E-state index is -4.80. The Morgan fingerprint density at radius 3 is 2.26 bits per heavy atom. The molecule has 0 spiro atoms. The second-order valence-corrected chi connectivity index (χ2v) is 4.44. The number of nitrogens with two attached hydrogens (primary N) is 1. The van der Waals surface area contributed by atoms with Gasteiger partial charge < -0.3 is 16.2 Å². The van der Waals surface area contributed by atoms with Crippen LogP contribution in [0.25, 0.3) is 0 Å². The number of hydrogen-bond acceptors (Lipinski definition) is 3. The van der Waals surface area contributed by atoms with Crippen LogP contribution in [0, 0.1) is 0 Å². The van der Waals surface area contributed by atoms with Crippen molar-refractivity contribution >= 4 is 34.8 Å². The summed E-state index contributed by atoms with van der Waals surface area (Å²) < 4.78 is 36.1. The predicted octanol–water partition coefficient (Wildman–Crippen LogP) is 2.23. The molecule has 0 saturated carbocycles. The van der Waals surface area contributed by atoms with E-state index in [1.54, 1.807) is 0 Å². The van der Waals surface area contributed by atoms with E-state index in [1.165, 1.54) is 0 Å². The lowest BCUT2D eigenvalue weighted by molar-refractivity contribution is -0.201. The summed E-state index contributed by atoms with van der Waals surface area (Å²) in [4.78, 5) is 11.5. The lowest BCUT2D eigenvalue weighted by Gasteiger charge is -2.15. The molecule has 1 aromatic carbocycles. The summed E-state index contributed by atoms with van der Waals surface area (Å²) in [7, 11) is 0. The number of benzene rings is 1. The maximum absolute atomic E-state index is 12.0. The normalized spacial score (nSPS) is 13.2. The van der Waals surface area contributed by atoms with Gasteiger partial charge in [0.05, 0.1) is 22.3 Å². The van der Waals surface area contributed by atoms with Gasteiger partial charge in [-0.1, -0.05) is 23.2 Å². The zero-order chi connectivity index (χ0) is 14.8. The molecule has 4 N–H and O–H groups in total. The van der Waals surface area contributed by atoms with Crippen LogP contribution in [0.2, 0.25) is 10.0 Å². The highest BCUT2D eigenvalue weighted by atomic mass is 35.5. The van der Waals surface area contributed by atoms with Crippen molar-refractivity contribution in [1.82, 2.24) is 5.32 Å². The molecule has 0 bridgehead atoms. The molecule has 0 saturated heterocycles. The summed E-state index contributed by atoms with van der Waals surface area (Å²) in [5, 5.41) is 10.7. The summed E-state index contributed by atoms with van der Waals surface area (Å²) in [6, 6.07) is 2.33. The summed E-state index contributed by atoms with van der Waals surface area (Å²) in [6.45, 7) is -0.970. The van der Waals surface area contributed by atoms with E-state index in [0.717, 1.165) is 12.1 Å². The van der Waals surface area contributed by atoms with Gasteiger partial charge in [0.15, 0.2) is 6.10 Å². The number of carbonyl (C=O) groups excluding carboxylic acids is 1. The van der Waals surface area contributed by atoms with Crippen molar-refractivity contribution in [2.75, 3.05) is 12.3 Å². The molecule has 0 heterocycles. The maximum Gasteiger partial charge on any atom is 0.416 e. The van der Waals surface area contributed by atoms with E-state index < -0.39 is 24.7 Å². The third-order valence-corrected chi connectivity index (χ3v) is 2.80. The van der Waals surface area contributed by atoms with Gasteiger partial charge in [0.2, 0.25) is 0 Å². The first-order valence-corrected chi connectivity index (χ1v) is 5.66. The molecule has 0 radical (unpaired) electrons. The van der Waals surface area contributed by atoms with Crippen LogP contribution in [-0.4, -0.2) is 29.8 Å². The van der Waals surface area contributed by atoms with Crippen LogP contribution < -0.4 is 11.1 Å². The van der Waals surface area contributed by atoms with E-state index in [4.69, 9.17) is 34.0 Å². The number of rotatable bonds is 3. The molecule has 9 heteroatoms. The molecular weight excluding hydrogens is 308 g/mol. The van der Waals surface area contributed by atoms with Crippen molar-refractivity contribution in [3.63, 3.8) is 0 Å². The summed E-state index contributed by atoms with van der Waals surface area (Å²) >= 11 is 11.4. The van der Waals surface area contributed by atoms with Gasteiger partial charge in [-0.15, -0.1) is 0 Å². The molecule has 1 amide bonds. The number of aliphatic hydroxyl groups excluding tert-OH is 1. The quantitative estimate of drug-likeness (QED) is 0.748. The summed E-state index contributed by atoms with van der Waals surface area (Å²) in [5.74, 6) is -0.855. The van der Waals surface area contributed by atoms with E-state index in [-0.39, 0.29) is 21.3 Å². The first kappa shape index (κ1) is 15.9. The van der Waals surface area contributed by atoms with Crippen molar-refractivity contribution in [2.45, 2.75) is 12.3 Å². The Labute approximate surface area is 116 Å². The highest BCUT2D eigenvalue weighted by Crippen LogP contribution is 2.28. The third kappa shape index (κ3) is 4.15. The number of alkyl halides is 3. The molecule has 0 aliphatic carbocycles. The first-order valence-electron chi connectivity index (χ1n) is 4.90. The standard InChI is InChI=1S/C10H9Cl2F3N2O2/c11-5-1-4(2-6(12)8(5)16)9(19)17-3-7(18)10(13,14)15/h1-2,7,18H,3,16H2,(H,17,19). The van der Waals surface area contributed by atoms with Crippen LogP contribution in [-0.2, 0) is 0 Å². The highest BCUT2D eigenvalue weighted by Gasteiger charge is 2.38. The van der Waals surface area contributed by atoms with Crippen LogP contribution in [0.15, 0.2) is 12.1 Å². The Balaban J connectivity index is 2.75. The van der Waals surface area contributed by atoms with Crippen molar-refractivity contribution in [1.29, 1.82) is 0 Å². The van der Waals surface area contributed by atoms with E-state index in [9.17, 15) is 18.0 Å². The van der Waals surface area contributed by atoms with Gasteiger partial charge in [0.25, 0.3) is 5.91 Å². The Morgan fingerprint density at radius 1 is 1.37 bits per heavy atom. The van der Waals surface area contributed by atoms with Crippen LogP contribution >= 0.6 is 23.2 Å². The van der Waals surface area contributed by atoms with E-state index in [0.29, 0.717) is 0 Å². The molecule has 0 aliphatic heterocycles. The number of nitrogen functional groups attached to an aromatic ring is 1. The van der Waals surface area contributed by atoms with Gasteiger partial charge in [-0.05, 0) is 12.1 Å². The fourth-order valence-electron chi connectivity index (χ4n) is 1.12. The average Bonchev–Trinajstić information content (AvgIpc) is 2.30. The van der Waals surface area contributed by atoms with Crippen molar-refractivity contribution in [2.24, 2.45) is 0 Å². The molecule has 1 unspecified atom stereocenters. The number of nitrogens with one attached hydrogen (secondary N) is 1. The van der Waals surface area contributed by atoms with E-state index in [1.807, 2.05) is 5.32 Å². The first-order chi connectivity index (χ1) is 8.62. The number of anilines is 1. The minimum absolute atomic E-state index is 0.00835. The molecule has 1 aromatic rings. The maximum atomic E-state index is 12.0. The SMILES string of the molecule is Nc1c(Cl)cc(C(=O)NCC(O)C(F)(F)F)cc1Cl. The minimum Gasteiger partial charge on any atom is -0.396 e. The number of carbonyl (C=O) groups is 1. The molecule has 106 valence electrons. The lowest BCUT2D eigenvalue weighted by Crippen LogP contribution is -2.40. The smallest absolute Gasteiger partial charge is 0.396 e. The lowest BCUT2D eigenvalue weighted by atomic mass is 10.2. The van der Waals surface area contributed by atoms with Crippen molar-refractivity contribution in [3.8, 4) is 0 Å². The number of hydrogen-bond donors (Lipinski definition) is 3. The zero-order valence-corrected chi connectivity index (χ0v) is 10.8. The molecule has 0 fully saturated rings. The molecule has 0 aliphatic rings. The van der Waals surface area contributed by atoms with Crippen molar-refractivity contribution < 1.29 is 23.1 Å². The Hall–Kier alpha value is -1.18. The second kappa shape index (κ2) is 5.85. The Morgan fingerprint density at radius 2 is 1.84 bits per heavy atom. The Kier molecular flexibility index (Phi) is 4.89. The van der Waals surface area contributed by atoms with Crippen LogP contribution in [0.3, 0.4) is 0 Å². The van der Waals surface area contributed by atoms with Crippen LogP contribution in [0.5, 0.6) is 0 Å². The largest absolute Gasteiger partial charge is 0.416 e. The zero-order valence-electron chi connectivity index (χ0n) is 9.26. The topological polar surface area (TPSA) is 75.4 Å². The number of amides is 1. The number of aliphatic hydroxyl groups is 1. The fraction of sp³-hybridized carbons (Fsp3) is 0.300. The summed E-state index contributed by atoms with van der Waals surface area (Å²) in [5.41, 5.74) is 5.45. The highest BCUT2D eigenvalue weighted by molar-refractivity contribution is 6.39. The molecule has 1 atom stereocenters. The van der Waals surface area contributed by atoms with Crippen LogP contribution in [0.1, 0.15) is 10.4 Å². The second-order valence-electron chi connectivity index (χ2n) is 3.62. The van der Waals surface area contributed by atoms with E-state index in [2.05, 4.69) is 0 Å². The molecule has 4 nitrogen and oxygen atoms in total. The van der Waals surface area contributed by atoms with Gasteiger partial charge in [0.1, 0.15) is 0 Å². The van der Waals surface area contributed by atoms with Crippen LogP contribution in [0.4, 0.5) is 18.9 Å². The molecular formula is C10H9Cl2F3N2O2. The van der Waals surface area contributed by atoms with Crippen molar-refractivity contribution in [3.05, 3.63) is 27.7 Å². The van der Waals surface area contributed by atoms with E-state index >= 15 is 0 Å². The summed E-state index contributed by atoms with van der Waals surface area (Å²) in [6.07, 6.45) is -7.44. The third-order valence-electron chi connectivity index (χ3n) is 2.18. The van der Waals surface area contributed by atoms with Gasteiger partial charge in [0, 0.05) is 5.56 Å². The van der Waals surface area contributed by atoms with Gasteiger partial charge >= 0.3 is 6.18 Å². The predicted molar refractivity (Wildman–Crippen MR) is 65.3 cm³/mol. The van der Waals surface area contributed by atoms with Gasteiger partial charge in [-0.3, -0.25) is 4.79 Å². The molecule has 0 aromatic heterocycles.